The number of ether oxygens (including phenoxy) is 2. The zero-order valence-corrected chi connectivity index (χ0v) is 10.9. The largest absolute Gasteiger partial charge is 0.381 e. The highest BCUT2D eigenvalue weighted by Crippen LogP contribution is 2.28. The molecule has 0 amide bonds. The van der Waals surface area contributed by atoms with Crippen molar-refractivity contribution < 1.29 is 18.5 Å². The lowest BCUT2D eigenvalue weighted by Gasteiger charge is -1.98. The van der Waals surface area contributed by atoms with Gasteiger partial charge in [0, 0.05) is 19.6 Å². The van der Waals surface area contributed by atoms with Crippen molar-refractivity contribution in [1.82, 2.24) is 15.3 Å². The number of rotatable bonds is 4. The van der Waals surface area contributed by atoms with Crippen LogP contribution in [0.1, 0.15) is 29.5 Å². The van der Waals surface area contributed by atoms with E-state index in [0.29, 0.717) is 36.4 Å². The minimum absolute atomic E-state index is 0.205. The van der Waals surface area contributed by atoms with Gasteiger partial charge in [-0.1, -0.05) is 10.3 Å². The lowest BCUT2D eigenvalue weighted by Crippen LogP contribution is -1.99. The Hall–Kier alpha value is -1.73. The fourth-order valence-electron chi connectivity index (χ4n) is 2.11. The molecule has 0 radical (unpaired) electrons. The van der Waals surface area contributed by atoms with E-state index in [1.165, 1.54) is 0 Å². The smallest absolute Gasteiger partial charge is 0.280 e. The molecule has 0 spiro atoms. The molecule has 0 aliphatic carbocycles. The summed E-state index contributed by atoms with van der Waals surface area (Å²) in [5.41, 5.74) is 1.39. The van der Waals surface area contributed by atoms with Crippen molar-refractivity contribution in [3.63, 3.8) is 0 Å². The van der Waals surface area contributed by atoms with Crippen molar-refractivity contribution in [2.75, 3.05) is 20.3 Å². The molecular weight excluding hydrogens is 250 g/mol. The van der Waals surface area contributed by atoms with E-state index in [4.69, 9.17) is 18.5 Å². The summed E-state index contributed by atoms with van der Waals surface area (Å²) in [6.45, 7) is 3.61. The third-order valence-electron chi connectivity index (χ3n) is 3.21. The van der Waals surface area contributed by atoms with E-state index in [1.807, 2.05) is 6.92 Å². The highest BCUT2D eigenvalue weighted by molar-refractivity contribution is 5.53. The first-order valence-electron chi connectivity index (χ1n) is 6.15. The van der Waals surface area contributed by atoms with Crippen LogP contribution < -0.4 is 0 Å². The number of nitrogens with zero attached hydrogens (tertiary/aromatic N) is 3. The average Bonchev–Trinajstić information content (AvgIpc) is 3.10. The Labute approximate surface area is 109 Å². The van der Waals surface area contributed by atoms with Gasteiger partial charge in [-0.25, -0.2) is 0 Å². The fourth-order valence-corrected chi connectivity index (χ4v) is 2.11. The molecule has 0 N–H and O–H groups in total. The zero-order valence-electron chi connectivity index (χ0n) is 10.9. The molecule has 0 saturated carbocycles. The van der Waals surface area contributed by atoms with Crippen LogP contribution in [0.5, 0.6) is 0 Å². The average molecular weight is 265 g/mol. The van der Waals surface area contributed by atoms with Gasteiger partial charge in [0.25, 0.3) is 5.89 Å². The Morgan fingerprint density at radius 2 is 2.21 bits per heavy atom. The maximum Gasteiger partial charge on any atom is 0.280 e. The minimum Gasteiger partial charge on any atom is -0.381 e. The van der Waals surface area contributed by atoms with Gasteiger partial charge in [0.15, 0.2) is 11.5 Å². The second-order valence-corrected chi connectivity index (χ2v) is 4.52. The Kier molecular flexibility index (Phi) is 3.31. The number of aryl methyl sites for hydroxylation is 1. The highest BCUT2D eigenvalue weighted by atomic mass is 16.5. The van der Waals surface area contributed by atoms with Crippen molar-refractivity contribution in [3.05, 3.63) is 17.1 Å². The van der Waals surface area contributed by atoms with Crippen LogP contribution in [0.15, 0.2) is 9.05 Å². The van der Waals surface area contributed by atoms with E-state index in [2.05, 4.69) is 15.3 Å². The van der Waals surface area contributed by atoms with Crippen molar-refractivity contribution in [2.45, 2.75) is 25.9 Å². The van der Waals surface area contributed by atoms with Gasteiger partial charge in [-0.3, -0.25) is 0 Å². The third-order valence-corrected chi connectivity index (χ3v) is 3.21. The molecule has 102 valence electrons. The van der Waals surface area contributed by atoms with Gasteiger partial charge in [-0.2, -0.15) is 4.98 Å². The van der Waals surface area contributed by atoms with E-state index in [1.54, 1.807) is 7.11 Å². The van der Waals surface area contributed by atoms with E-state index in [9.17, 15) is 0 Å². The van der Waals surface area contributed by atoms with E-state index >= 15 is 0 Å². The van der Waals surface area contributed by atoms with Crippen LogP contribution in [0.2, 0.25) is 0 Å². The molecule has 0 aromatic carbocycles. The van der Waals surface area contributed by atoms with Gasteiger partial charge >= 0.3 is 0 Å². The van der Waals surface area contributed by atoms with E-state index < -0.39 is 0 Å². The molecule has 7 nitrogen and oxygen atoms in total. The molecule has 3 rings (SSSR count). The van der Waals surface area contributed by atoms with Crippen molar-refractivity contribution in [2.24, 2.45) is 0 Å². The number of methoxy groups -OCH3 is 1. The standard InChI is InChI=1S/C12H15N3O4/c1-7-9(6-16-2)10(14-18-7)12-13-11(15-19-12)8-3-4-17-5-8/h8H,3-6H2,1-2H3/t8-/m0/s1. The summed E-state index contributed by atoms with van der Waals surface area (Å²) >= 11 is 0. The Balaban J connectivity index is 1.89. The summed E-state index contributed by atoms with van der Waals surface area (Å²) in [6.07, 6.45) is 0.918. The summed E-state index contributed by atoms with van der Waals surface area (Å²) in [5, 5.41) is 7.96. The van der Waals surface area contributed by atoms with Gasteiger partial charge in [-0.05, 0) is 13.3 Å². The van der Waals surface area contributed by atoms with Crippen LogP contribution in [0, 0.1) is 6.92 Å². The molecule has 3 heterocycles. The fraction of sp³-hybridized carbons (Fsp3) is 0.583. The third kappa shape index (κ3) is 2.26. The quantitative estimate of drug-likeness (QED) is 0.831. The number of aromatic nitrogens is 3. The molecule has 2 aromatic heterocycles. The molecule has 0 unspecified atom stereocenters. The van der Waals surface area contributed by atoms with Crippen LogP contribution in [0.3, 0.4) is 0 Å². The molecule has 1 aliphatic heterocycles. The van der Waals surface area contributed by atoms with E-state index in [-0.39, 0.29) is 5.92 Å². The lowest BCUT2D eigenvalue weighted by atomic mass is 10.1. The maximum atomic E-state index is 5.32. The van der Waals surface area contributed by atoms with Crippen molar-refractivity contribution >= 4 is 0 Å². The molecule has 1 fully saturated rings. The molecule has 19 heavy (non-hydrogen) atoms. The minimum atomic E-state index is 0.205. The summed E-state index contributed by atoms with van der Waals surface area (Å²) in [4.78, 5) is 4.38. The Morgan fingerprint density at radius 3 is 2.95 bits per heavy atom. The van der Waals surface area contributed by atoms with Crippen LogP contribution in [0.25, 0.3) is 11.6 Å². The predicted molar refractivity (Wildman–Crippen MR) is 63.4 cm³/mol. The molecule has 1 atom stereocenters. The van der Waals surface area contributed by atoms with Gasteiger partial charge in [-0.15, -0.1) is 0 Å². The molecule has 7 heteroatoms. The first-order chi connectivity index (χ1) is 9.29. The van der Waals surface area contributed by atoms with Gasteiger partial charge in [0.05, 0.1) is 18.8 Å². The van der Waals surface area contributed by atoms with Crippen LogP contribution in [0.4, 0.5) is 0 Å². The highest BCUT2D eigenvalue weighted by Gasteiger charge is 2.26. The molecule has 1 saturated heterocycles. The van der Waals surface area contributed by atoms with Gasteiger partial charge in [0.2, 0.25) is 0 Å². The number of hydrogen-bond donors (Lipinski definition) is 0. The summed E-state index contributed by atoms with van der Waals surface area (Å²) in [5.74, 6) is 1.93. The second-order valence-electron chi connectivity index (χ2n) is 4.52. The predicted octanol–water partition coefficient (Wildman–Crippen LogP) is 1.68. The topological polar surface area (TPSA) is 83.4 Å². The normalized spacial score (nSPS) is 19.2. The van der Waals surface area contributed by atoms with Crippen LogP contribution >= 0.6 is 0 Å². The SMILES string of the molecule is COCc1c(-c2nc([C@H]3CCOC3)no2)noc1C. The van der Waals surface area contributed by atoms with Crippen LogP contribution in [-0.4, -0.2) is 35.6 Å². The second kappa shape index (κ2) is 5.10. The molecule has 1 aliphatic rings. The summed E-state index contributed by atoms with van der Waals surface area (Å²) < 4.78 is 20.9. The van der Waals surface area contributed by atoms with Crippen LogP contribution in [-0.2, 0) is 16.1 Å². The maximum absolute atomic E-state index is 5.32. The first-order valence-corrected chi connectivity index (χ1v) is 6.15. The Bertz CT molecular complexity index is 557. The van der Waals surface area contributed by atoms with E-state index in [0.717, 1.165) is 18.6 Å². The Morgan fingerprint density at radius 1 is 1.32 bits per heavy atom. The lowest BCUT2D eigenvalue weighted by molar-refractivity contribution is 0.183. The molecule has 0 bridgehead atoms. The van der Waals surface area contributed by atoms with Gasteiger partial charge in [0.1, 0.15) is 5.76 Å². The van der Waals surface area contributed by atoms with Crippen molar-refractivity contribution in [1.29, 1.82) is 0 Å². The monoisotopic (exact) mass is 265 g/mol. The van der Waals surface area contributed by atoms with Crippen molar-refractivity contribution in [3.8, 4) is 11.6 Å². The number of hydrogen-bond acceptors (Lipinski definition) is 7. The molecular formula is C12H15N3O4. The summed E-state index contributed by atoms with van der Waals surface area (Å²) in [7, 11) is 1.62. The zero-order chi connectivity index (χ0) is 13.2. The summed E-state index contributed by atoms with van der Waals surface area (Å²) in [6, 6.07) is 0. The first kappa shape index (κ1) is 12.3. The van der Waals surface area contributed by atoms with Gasteiger partial charge < -0.3 is 18.5 Å². The molecule has 2 aromatic rings.